The lowest BCUT2D eigenvalue weighted by Gasteiger charge is -2.11. The van der Waals surface area contributed by atoms with Crippen molar-refractivity contribution in [1.82, 2.24) is 9.97 Å². The second-order valence-electron chi connectivity index (χ2n) is 11.9. The van der Waals surface area contributed by atoms with E-state index in [1.807, 2.05) is 30.3 Å². The molecule has 0 amide bonds. The van der Waals surface area contributed by atoms with E-state index < -0.39 is 0 Å². The molecule has 0 radical (unpaired) electrons. The van der Waals surface area contributed by atoms with Crippen LogP contribution in [0.5, 0.6) is 0 Å². The van der Waals surface area contributed by atoms with Gasteiger partial charge in [0.1, 0.15) is 0 Å². The number of aromatic nitrogens is 2. The molecular weight excluding hydrogens is 581 g/mol. The van der Waals surface area contributed by atoms with E-state index >= 15 is 0 Å². The highest BCUT2D eigenvalue weighted by molar-refractivity contribution is 5.77. The van der Waals surface area contributed by atoms with Gasteiger partial charge < -0.3 is 0 Å². The Bertz CT molecular complexity index is 2110. The normalized spacial score (nSPS) is 10.9. The van der Waals surface area contributed by atoms with Crippen LogP contribution >= 0.6 is 0 Å². The molecule has 8 rings (SSSR count). The first-order chi connectivity index (χ1) is 23.8. The van der Waals surface area contributed by atoms with Crippen LogP contribution in [-0.2, 0) is 0 Å². The van der Waals surface area contributed by atoms with Crippen LogP contribution in [0.3, 0.4) is 0 Å². The zero-order valence-electron chi connectivity index (χ0n) is 26.4. The SMILES string of the molecule is c1ccc(-c2ccc(-c3ccc(-c4cc(-c5ccccc5)nc(-c5ccc(-c6ccc(-c7ccccc7)cc6)cc5)n4)cc3)cc2)cc1. The maximum atomic E-state index is 5.08. The van der Waals surface area contributed by atoms with Crippen molar-refractivity contribution in [2.75, 3.05) is 0 Å². The van der Waals surface area contributed by atoms with Gasteiger partial charge in [0.25, 0.3) is 0 Å². The first-order valence-electron chi connectivity index (χ1n) is 16.2. The molecule has 8 aromatic rings. The van der Waals surface area contributed by atoms with E-state index in [0.717, 1.165) is 33.6 Å². The molecule has 0 N–H and O–H groups in total. The van der Waals surface area contributed by atoms with Crippen molar-refractivity contribution in [2.24, 2.45) is 0 Å². The Morgan fingerprint density at radius 3 is 0.771 bits per heavy atom. The summed E-state index contributed by atoms with van der Waals surface area (Å²) in [5.41, 5.74) is 14.4. The number of benzene rings is 7. The Morgan fingerprint density at radius 1 is 0.208 bits per heavy atom. The first-order valence-corrected chi connectivity index (χ1v) is 16.2. The second kappa shape index (κ2) is 13.2. The summed E-state index contributed by atoms with van der Waals surface area (Å²) in [6, 6.07) is 68.1. The number of hydrogen-bond donors (Lipinski definition) is 0. The summed E-state index contributed by atoms with van der Waals surface area (Å²) in [4.78, 5) is 10.1. The monoisotopic (exact) mass is 612 g/mol. The average Bonchev–Trinajstić information content (AvgIpc) is 3.19. The molecule has 0 aliphatic carbocycles. The van der Waals surface area contributed by atoms with Crippen LogP contribution in [0.4, 0.5) is 0 Å². The maximum absolute atomic E-state index is 5.08. The number of hydrogen-bond acceptors (Lipinski definition) is 2. The van der Waals surface area contributed by atoms with Gasteiger partial charge in [-0.3, -0.25) is 0 Å². The van der Waals surface area contributed by atoms with Gasteiger partial charge in [-0.05, 0) is 50.6 Å². The summed E-state index contributed by atoms with van der Waals surface area (Å²) < 4.78 is 0. The summed E-state index contributed by atoms with van der Waals surface area (Å²) in [6.07, 6.45) is 0. The van der Waals surface area contributed by atoms with Gasteiger partial charge in [0.05, 0.1) is 11.4 Å². The molecule has 0 unspecified atom stereocenters. The predicted molar refractivity (Wildman–Crippen MR) is 200 cm³/mol. The minimum atomic E-state index is 0.706. The first kappa shape index (κ1) is 29.1. The van der Waals surface area contributed by atoms with Gasteiger partial charge in [0.2, 0.25) is 0 Å². The van der Waals surface area contributed by atoms with E-state index in [1.165, 1.54) is 38.9 Å². The molecular formula is C46H32N2. The van der Waals surface area contributed by atoms with Crippen LogP contribution in [-0.4, -0.2) is 9.97 Å². The summed E-state index contributed by atoms with van der Waals surface area (Å²) in [7, 11) is 0. The van der Waals surface area contributed by atoms with E-state index in [1.54, 1.807) is 0 Å². The van der Waals surface area contributed by atoms with Gasteiger partial charge in [-0.1, -0.05) is 188 Å². The molecule has 0 atom stereocenters. The van der Waals surface area contributed by atoms with Crippen LogP contribution in [0, 0.1) is 0 Å². The highest BCUT2D eigenvalue weighted by Gasteiger charge is 2.12. The van der Waals surface area contributed by atoms with Crippen LogP contribution < -0.4 is 0 Å². The van der Waals surface area contributed by atoms with Crippen molar-refractivity contribution in [3.8, 4) is 78.4 Å². The Balaban J connectivity index is 1.09. The fourth-order valence-corrected chi connectivity index (χ4v) is 6.10. The average molecular weight is 613 g/mol. The van der Waals surface area contributed by atoms with E-state index in [4.69, 9.17) is 9.97 Å². The Labute approximate surface area is 281 Å². The Hall–Kier alpha value is -6.38. The fourth-order valence-electron chi connectivity index (χ4n) is 6.10. The molecule has 0 saturated carbocycles. The highest BCUT2D eigenvalue weighted by Crippen LogP contribution is 2.32. The minimum absolute atomic E-state index is 0.706. The second-order valence-corrected chi connectivity index (χ2v) is 11.9. The van der Waals surface area contributed by atoms with Crippen molar-refractivity contribution in [2.45, 2.75) is 0 Å². The van der Waals surface area contributed by atoms with Gasteiger partial charge >= 0.3 is 0 Å². The van der Waals surface area contributed by atoms with E-state index in [2.05, 4.69) is 164 Å². The van der Waals surface area contributed by atoms with E-state index in [9.17, 15) is 0 Å². The molecule has 48 heavy (non-hydrogen) atoms. The van der Waals surface area contributed by atoms with Crippen molar-refractivity contribution >= 4 is 0 Å². The highest BCUT2D eigenvalue weighted by atomic mass is 14.9. The standard InChI is InChI=1S/C46H32N2/c1-4-10-33(11-5-1)35-16-20-37(21-17-35)39-24-28-42(29-25-39)45-32-44(41-14-8-3-9-15-41)47-46(48-45)43-30-26-40(27-31-43)38-22-18-36(19-23-38)34-12-6-2-7-13-34/h1-32H. The van der Waals surface area contributed by atoms with Gasteiger partial charge in [-0.15, -0.1) is 0 Å². The third-order valence-electron chi connectivity index (χ3n) is 8.77. The fraction of sp³-hybridized carbons (Fsp3) is 0. The summed E-state index contributed by atoms with van der Waals surface area (Å²) in [5.74, 6) is 0.706. The molecule has 0 fully saturated rings. The Kier molecular flexibility index (Phi) is 7.96. The topological polar surface area (TPSA) is 25.8 Å². The zero-order valence-corrected chi connectivity index (χ0v) is 26.4. The van der Waals surface area contributed by atoms with Crippen molar-refractivity contribution in [3.05, 3.63) is 194 Å². The van der Waals surface area contributed by atoms with Gasteiger partial charge in [-0.25, -0.2) is 9.97 Å². The summed E-state index contributed by atoms with van der Waals surface area (Å²) in [6.45, 7) is 0. The quantitative estimate of drug-likeness (QED) is 0.179. The zero-order chi connectivity index (χ0) is 32.1. The number of rotatable bonds is 7. The summed E-state index contributed by atoms with van der Waals surface area (Å²) >= 11 is 0. The largest absolute Gasteiger partial charge is 0.228 e. The lowest BCUT2D eigenvalue weighted by molar-refractivity contribution is 1.18. The van der Waals surface area contributed by atoms with Gasteiger partial charge in [-0.2, -0.15) is 0 Å². The molecule has 0 spiro atoms. The van der Waals surface area contributed by atoms with Crippen LogP contribution in [0.1, 0.15) is 0 Å². The van der Waals surface area contributed by atoms with Crippen molar-refractivity contribution in [3.63, 3.8) is 0 Å². The predicted octanol–water partition coefficient (Wildman–Crippen LogP) is 12.1. The molecule has 0 bridgehead atoms. The lowest BCUT2D eigenvalue weighted by atomic mass is 9.98. The maximum Gasteiger partial charge on any atom is 0.160 e. The molecule has 0 saturated heterocycles. The third-order valence-corrected chi connectivity index (χ3v) is 8.77. The molecule has 2 nitrogen and oxygen atoms in total. The van der Waals surface area contributed by atoms with Gasteiger partial charge in [0, 0.05) is 16.7 Å². The van der Waals surface area contributed by atoms with E-state index in [0.29, 0.717) is 5.82 Å². The molecule has 2 heteroatoms. The minimum Gasteiger partial charge on any atom is -0.228 e. The molecule has 1 aromatic heterocycles. The lowest BCUT2D eigenvalue weighted by Crippen LogP contribution is -1.96. The third kappa shape index (κ3) is 6.20. The molecule has 7 aromatic carbocycles. The molecule has 0 aliphatic rings. The smallest absolute Gasteiger partial charge is 0.160 e. The molecule has 226 valence electrons. The molecule has 0 aliphatic heterocycles. The van der Waals surface area contributed by atoms with Crippen LogP contribution in [0.2, 0.25) is 0 Å². The van der Waals surface area contributed by atoms with Crippen LogP contribution in [0.15, 0.2) is 194 Å². The van der Waals surface area contributed by atoms with E-state index in [-0.39, 0.29) is 0 Å². The van der Waals surface area contributed by atoms with Crippen molar-refractivity contribution < 1.29 is 0 Å². The number of nitrogens with zero attached hydrogens (tertiary/aromatic N) is 2. The molecule has 1 heterocycles. The van der Waals surface area contributed by atoms with Crippen LogP contribution in [0.25, 0.3) is 78.4 Å². The summed E-state index contributed by atoms with van der Waals surface area (Å²) in [5, 5.41) is 0. The van der Waals surface area contributed by atoms with Crippen molar-refractivity contribution in [1.29, 1.82) is 0 Å². The van der Waals surface area contributed by atoms with Gasteiger partial charge in [0.15, 0.2) is 5.82 Å². The Morgan fingerprint density at radius 2 is 0.438 bits per heavy atom.